The van der Waals surface area contributed by atoms with Crippen molar-refractivity contribution in [1.29, 1.82) is 0 Å². The molecule has 8 heteroatoms. The van der Waals surface area contributed by atoms with Crippen molar-refractivity contribution in [3.8, 4) is 11.5 Å². The van der Waals surface area contributed by atoms with Gasteiger partial charge in [0.1, 0.15) is 17.3 Å². The van der Waals surface area contributed by atoms with E-state index in [1.54, 1.807) is 32.2 Å². The molecule has 2 rings (SSSR count). The summed E-state index contributed by atoms with van der Waals surface area (Å²) in [6, 6.07) is 6.15. The summed E-state index contributed by atoms with van der Waals surface area (Å²) in [5.74, 6) is -0.153. The van der Waals surface area contributed by atoms with E-state index in [0.717, 1.165) is 0 Å². The molecule has 0 spiro atoms. The van der Waals surface area contributed by atoms with Crippen LogP contribution in [0.2, 0.25) is 0 Å². The molecule has 6 nitrogen and oxygen atoms in total. The summed E-state index contributed by atoms with van der Waals surface area (Å²) < 4.78 is 36.3. The highest BCUT2D eigenvalue weighted by Gasteiger charge is 2.17. The lowest BCUT2D eigenvalue weighted by Crippen LogP contribution is -2.30. The Morgan fingerprint density at radius 3 is 2.88 bits per heavy atom. The third-order valence-corrected chi connectivity index (χ3v) is 4.61. The molecular formula is C17H21FN2O4S. The van der Waals surface area contributed by atoms with Gasteiger partial charge in [-0.05, 0) is 25.5 Å². The Labute approximate surface area is 148 Å². The molecule has 0 fully saturated rings. The molecule has 25 heavy (non-hydrogen) atoms. The van der Waals surface area contributed by atoms with Gasteiger partial charge in [-0.3, -0.25) is 9.00 Å². The molecule has 1 heterocycles. The van der Waals surface area contributed by atoms with E-state index in [1.807, 2.05) is 0 Å². The van der Waals surface area contributed by atoms with Crippen molar-refractivity contribution < 1.29 is 22.5 Å². The molecule has 0 aliphatic heterocycles. The first-order valence-electron chi connectivity index (χ1n) is 7.83. The van der Waals surface area contributed by atoms with E-state index in [9.17, 15) is 13.4 Å². The van der Waals surface area contributed by atoms with Crippen LogP contribution in [0, 0.1) is 12.7 Å². The van der Waals surface area contributed by atoms with Gasteiger partial charge in [-0.15, -0.1) is 0 Å². The summed E-state index contributed by atoms with van der Waals surface area (Å²) in [4.78, 5) is 16.0. The van der Waals surface area contributed by atoms with Gasteiger partial charge in [0, 0.05) is 31.1 Å². The first kappa shape index (κ1) is 19.3. The number of oxazole rings is 1. The Hall–Kier alpha value is -2.06. The van der Waals surface area contributed by atoms with E-state index >= 15 is 0 Å². The van der Waals surface area contributed by atoms with Crippen molar-refractivity contribution in [3.63, 3.8) is 0 Å². The van der Waals surface area contributed by atoms with Crippen LogP contribution in [0.25, 0.3) is 11.5 Å². The number of benzene rings is 1. The zero-order valence-corrected chi connectivity index (χ0v) is 15.0. The summed E-state index contributed by atoms with van der Waals surface area (Å²) in [7, 11) is 0.163. The van der Waals surface area contributed by atoms with Crippen molar-refractivity contribution in [3.05, 3.63) is 41.5 Å². The first-order chi connectivity index (χ1) is 12.0. The minimum atomic E-state index is -1.43. The highest BCUT2D eigenvalue weighted by Crippen LogP contribution is 2.24. The highest BCUT2D eigenvalue weighted by atomic mass is 32.2. The summed E-state index contributed by atoms with van der Waals surface area (Å²) in [5, 5.41) is 2.68. The van der Waals surface area contributed by atoms with Crippen LogP contribution in [0.1, 0.15) is 17.9 Å². The first-order valence-corrected chi connectivity index (χ1v) is 9.32. The lowest BCUT2D eigenvalue weighted by atomic mass is 10.2. The number of ether oxygens (including phenoxy) is 1. The van der Waals surface area contributed by atoms with Crippen molar-refractivity contribution in [2.75, 3.05) is 26.0 Å². The van der Waals surface area contributed by atoms with E-state index in [1.165, 1.54) is 6.07 Å². The van der Waals surface area contributed by atoms with Crippen molar-refractivity contribution >= 4 is 16.7 Å². The molecule has 1 aromatic carbocycles. The standard InChI is InChI=1S/C17H21FN2O4S/c1-12-15(10-25(22)11-16(21)19-8-5-9-23-2)20-17(24-12)13-6-3-4-7-14(13)18/h3-4,6-7H,5,8-11H2,1-2H3,(H,19,21)/t25-/m1/s1. The predicted octanol–water partition coefficient (Wildman–Crippen LogP) is 2.19. The second-order valence-corrected chi connectivity index (χ2v) is 6.88. The van der Waals surface area contributed by atoms with Crippen LogP contribution in [0.5, 0.6) is 0 Å². The maximum Gasteiger partial charge on any atom is 0.232 e. The number of hydrogen-bond donors (Lipinski definition) is 1. The highest BCUT2D eigenvalue weighted by molar-refractivity contribution is 7.84. The fraction of sp³-hybridized carbons (Fsp3) is 0.412. The average molecular weight is 368 g/mol. The van der Waals surface area contributed by atoms with Crippen LogP contribution in [0.4, 0.5) is 4.39 Å². The number of aryl methyl sites for hydroxylation is 1. The second-order valence-electron chi connectivity index (χ2n) is 5.43. The Morgan fingerprint density at radius 1 is 1.40 bits per heavy atom. The number of amides is 1. The Kier molecular flexibility index (Phi) is 7.27. The monoisotopic (exact) mass is 368 g/mol. The second kappa shape index (κ2) is 9.43. The van der Waals surface area contributed by atoms with Crippen LogP contribution >= 0.6 is 0 Å². The maximum absolute atomic E-state index is 13.8. The summed E-state index contributed by atoms with van der Waals surface area (Å²) in [5.41, 5.74) is 0.710. The SMILES string of the molecule is COCCCNC(=O)C[S@](=O)Cc1nc(-c2ccccc2F)oc1C. The molecule has 136 valence electrons. The molecule has 2 aromatic rings. The van der Waals surface area contributed by atoms with E-state index in [4.69, 9.17) is 9.15 Å². The summed E-state index contributed by atoms with van der Waals surface area (Å²) in [6.45, 7) is 2.71. The number of carbonyl (C=O) groups is 1. The molecule has 1 N–H and O–H groups in total. The lowest BCUT2D eigenvalue weighted by Gasteiger charge is -2.04. The molecule has 0 unspecified atom stereocenters. The Bertz CT molecular complexity index is 748. The van der Waals surface area contributed by atoms with Gasteiger partial charge in [0.15, 0.2) is 0 Å². The van der Waals surface area contributed by atoms with Gasteiger partial charge < -0.3 is 14.5 Å². The largest absolute Gasteiger partial charge is 0.441 e. The fourth-order valence-electron chi connectivity index (χ4n) is 2.16. The van der Waals surface area contributed by atoms with Gasteiger partial charge in [0.25, 0.3) is 0 Å². The van der Waals surface area contributed by atoms with E-state index in [0.29, 0.717) is 31.0 Å². The molecule has 0 aliphatic rings. The third-order valence-electron chi connectivity index (χ3n) is 3.43. The molecule has 0 bridgehead atoms. The van der Waals surface area contributed by atoms with E-state index in [2.05, 4.69) is 10.3 Å². The van der Waals surface area contributed by atoms with Gasteiger partial charge in [0.2, 0.25) is 11.8 Å². The van der Waals surface area contributed by atoms with E-state index < -0.39 is 16.6 Å². The average Bonchev–Trinajstić information content (AvgIpc) is 2.92. The zero-order valence-electron chi connectivity index (χ0n) is 14.2. The van der Waals surface area contributed by atoms with Gasteiger partial charge in [-0.2, -0.15) is 0 Å². The number of halogens is 1. The van der Waals surface area contributed by atoms with Crippen LogP contribution in [-0.2, 0) is 26.1 Å². The summed E-state index contributed by atoms with van der Waals surface area (Å²) >= 11 is 0. The lowest BCUT2D eigenvalue weighted by molar-refractivity contribution is -0.118. The van der Waals surface area contributed by atoms with E-state index in [-0.39, 0.29) is 28.9 Å². The minimum absolute atomic E-state index is 0.0786. The molecule has 1 aromatic heterocycles. The zero-order chi connectivity index (χ0) is 18.2. The van der Waals surface area contributed by atoms with Crippen LogP contribution in [0.15, 0.2) is 28.7 Å². The molecule has 0 radical (unpaired) electrons. The number of nitrogens with zero attached hydrogens (tertiary/aromatic N) is 1. The summed E-state index contributed by atoms with van der Waals surface area (Å²) in [6.07, 6.45) is 0.698. The van der Waals surface area contributed by atoms with Gasteiger partial charge in [-0.1, -0.05) is 12.1 Å². The number of nitrogens with one attached hydrogen (secondary N) is 1. The Balaban J connectivity index is 1.93. The number of rotatable bonds is 9. The minimum Gasteiger partial charge on any atom is -0.441 e. The number of hydrogen-bond acceptors (Lipinski definition) is 5. The maximum atomic E-state index is 13.8. The number of aromatic nitrogens is 1. The van der Waals surface area contributed by atoms with Crippen LogP contribution in [-0.4, -0.2) is 41.1 Å². The Morgan fingerprint density at radius 2 is 2.16 bits per heavy atom. The van der Waals surface area contributed by atoms with Crippen LogP contribution in [0.3, 0.4) is 0 Å². The quantitative estimate of drug-likeness (QED) is 0.686. The normalized spacial score (nSPS) is 12.1. The van der Waals surface area contributed by atoms with Crippen molar-refractivity contribution in [2.45, 2.75) is 19.1 Å². The predicted molar refractivity (Wildman–Crippen MR) is 92.9 cm³/mol. The van der Waals surface area contributed by atoms with Gasteiger partial charge >= 0.3 is 0 Å². The van der Waals surface area contributed by atoms with Gasteiger partial charge in [0.05, 0.1) is 17.0 Å². The topological polar surface area (TPSA) is 81.4 Å². The van der Waals surface area contributed by atoms with Gasteiger partial charge in [-0.25, -0.2) is 9.37 Å². The fourth-order valence-corrected chi connectivity index (χ4v) is 3.23. The van der Waals surface area contributed by atoms with Crippen molar-refractivity contribution in [2.24, 2.45) is 0 Å². The van der Waals surface area contributed by atoms with Crippen LogP contribution < -0.4 is 5.32 Å². The molecular weight excluding hydrogens is 347 g/mol. The third kappa shape index (κ3) is 5.75. The molecule has 0 aliphatic carbocycles. The molecule has 1 atom stereocenters. The molecule has 0 saturated heterocycles. The number of methoxy groups -OCH3 is 1. The molecule has 0 saturated carbocycles. The van der Waals surface area contributed by atoms with Crippen molar-refractivity contribution in [1.82, 2.24) is 10.3 Å². The smallest absolute Gasteiger partial charge is 0.232 e. The number of carbonyl (C=O) groups excluding carboxylic acids is 1. The molecule has 1 amide bonds.